The molecule has 0 aliphatic carbocycles. The highest BCUT2D eigenvalue weighted by molar-refractivity contribution is 7.91. The van der Waals surface area contributed by atoms with E-state index in [2.05, 4.69) is 5.32 Å². The Labute approximate surface area is 167 Å². The van der Waals surface area contributed by atoms with E-state index in [0.29, 0.717) is 17.7 Å². The smallest absolute Gasteiger partial charge is 0.337 e. The molecule has 2 atom stereocenters. The molecule has 1 N–H and O–H groups in total. The number of carbonyl (C=O) groups excluding carboxylic acids is 2. The number of urea groups is 1. The fraction of sp³-hybridized carbons (Fsp3) is 0.412. The molecule has 2 amide bonds. The number of carbonyl (C=O) groups is 2. The molecule has 1 fully saturated rings. The largest absolute Gasteiger partial charge is 0.466 e. The zero-order valence-electron chi connectivity index (χ0n) is 14.7. The summed E-state index contributed by atoms with van der Waals surface area (Å²) >= 11 is 12.4. The fourth-order valence-corrected chi connectivity index (χ4v) is 5.64. The lowest BCUT2D eigenvalue weighted by atomic mass is 9.94. The van der Waals surface area contributed by atoms with Gasteiger partial charge in [-0.3, -0.25) is 4.90 Å². The molecule has 0 bridgehead atoms. The molecule has 0 spiro atoms. The van der Waals surface area contributed by atoms with Crippen molar-refractivity contribution in [1.82, 2.24) is 10.2 Å². The van der Waals surface area contributed by atoms with Gasteiger partial charge in [0.1, 0.15) is 0 Å². The first-order chi connectivity index (χ1) is 12.7. The van der Waals surface area contributed by atoms with Crippen LogP contribution in [-0.4, -0.2) is 50.0 Å². The van der Waals surface area contributed by atoms with Crippen molar-refractivity contribution < 1.29 is 22.7 Å². The van der Waals surface area contributed by atoms with Crippen LogP contribution >= 0.6 is 23.2 Å². The van der Waals surface area contributed by atoms with Crippen molar-refractivity contribution in [3.63, 3.8) is 0 Å². The number of ether oxygens (including phenoxy) is 1. The number of hydrogen-bond acceptors (Lipinski definition) is 5. The van der Waals surface area contributed by atoms with E-state index in [4.69, 9.17) is 27.9 Å². The number of rotatable bonds is 3. The van der Waals surface area contributed by atoms with Gasteiger partial charge < -0.3 is 10.1 Å². The van der Waals surface area contributed by atoms with Gasteiger partial charge >= 0.3 is 12.0 Å². The molecule has 27 heavy (non-hydrogen) atoms. The van der Waals surface area contributed by atoms with Gasteiger partial charge in [0.15, 0.2) is 9.84 Å². The van der Waals surface area contributed by atoms with Crippen molar-refractivity contribution in [3.05, 3.63) is 45.1 Å². The van der Waals surface area contributed by atoms with Crippen molar-refractivity contribution in [2.24, 2.45) is 0 Å². The van der Waals surface area contributed by atoms with Crippen LogP contribution in [0.1, 0.15) is 24.9 Å². The number of halogens is 2. The van der Waals surface area contributed by atoms with Gasteiger partial charge in [0.05, 0.1) is 46.3 Å². The Morgan fingerprint density at radius 1 is 1.33 bits per heavy atom. The van der Waals surface area contributed by atoms with Crippen LogP contribution < -0.4 is 5.32 Å². The van der Waals surface area contributed by atoms with Crippen LogP contribution in [0.5, 0.6) is 0 Å². The van der Waals surface area contributed by atoms with Crippen molar-refractivity contribution in [3.8, 4) is 0 Å². The number of esters is 1. The first kappa shape index (κ1) is 20.0. The van der Waals surface area contributed by atoms with Crippen molar-refractivity contribution in [2.45, 2.75) is 25.4 Å². The van der Waals surface area contributed by atoms with Crippen LogP contribution in [0.15, 0.2) is 29.5 Å². The number of benzene rings is 1. The molecular formula is C17H18Cl2N2O5S. The summed E-state index contributed by atoms with van der Waals surface area (Å²) in [5.41, 5.74) is 0.982. The van der Waals surface area contributed by atoms with Crippen molar-refractivity contribution >= 4 is 45.0 Å². The summed E-state index contributed by atoms with van der Waals surface area (Å²) in [4.78, 5) is 26.6. The van der Waals surface area contributed by atoms with Crippen molar-refractivity contribution in [2.75, 3.05) is 18.6 Å². The monoisotopic (exact) mass is 432 g/mol. The standard InChI is InChI=1S/C17H18Cl2N2O5S/c1-9-13(16(22)26-2)15(11-4-3-5-12(18)14(11)19)20-17(23)21(9)10-6-7-27(24,25)8-10/h3-5,10,15H,6-8H2,1-2H3,(H,20,23)/t10-,15+/m1/s1. The quantitative estimate of drug-likeness (QED) is 0.740. The Bertz CT molecular complexity index is 945. The number of nitrogens with zero attached hydrogens (tertiary/aromatic N) is 1. The van der Waals surface area contributed by atoms with Gasteiger partial charge in [0.2, 0.25) is 0 Å². The molecule has 0 unspecified atom stereocenters. The van der Waals surface area contributed by atoms with Crippen LogP contribution in [0.25, 0.3) is 0 Å². The summed E-state index contributed by atoms with van der Waals surface area (Å²) < 4.78 is 28.6. The Morgan fingerprint density at radius 3 is 2.63 bits per heavy atom. The molecule has 2 aliphatic rings. The molecule has 10 heteroatoms. The Hall–Kier alpha value is -1.77. The van der Waals surface area contributed by atoms with Crippen LogP contribution in [0.3, 0.4) is 0 Å². The number of allylic oxidation sites excluding steroid dienone is 1. The van der Waals surface area contributed by atoms with Gasteiger partial charge in [-0.15, -0.1) is 0 Å². The molecule has 1 aromatic carbocycles. The molecular weight excluding hydrogens is 415 g/mol. The highest BCUT2D eigenvalue weighted by Crippen LogP contribution is 2.38. The minimum Gasteiger partial charge on any atom is -0.466 e. The maximum absolute atomic E-state index is 12.8. The number of methoxy groups -OCH3 is 1. The number of hydrogen-bond donors (Lipinski definition) is 1. The second kappa shape index (κ2) is 7.33. The minimum absolute atomic E-state index is 0.00579. The predicted molar refractivity (Wildman–Crippen MR) is 101 cm³/mol. The molecule has 7 nitrogen and oxygen atoms in total. The molecule has 146 valence electrons. The summed E-state index contributed by atoms with van der Waals surface area (Å²) in [5, 5.41) is 3.25. The van der Waals surface area contributed by atoms with E-state index in [0.717, 1.165) is 0 Å². The number of amides is 2. The zero-order valence-corrected chi connectivity index (χ0v) is 17.0. The molecule has 1 aromatic rings. The van der Waals surface area contributed by atoms with Crippen LogP contribution in [0, 0.1) is 0 Å². The Morgan fingerprint density at radius 2 is 2.04 bits per heavy atom. The Kier molecular flexibility index (Phi) is 5.42. The predicted octanol–water partition coefficient (Wildman–Crippen LogP) is 2.69. The maximum atomic E-state index is 12.8. The van der Waals surface area contributed by atoms with Crippen molar-refractivity contribution in [1.29, 1.82) is 0 Å². The highest BCUT2D eigenvalue weighted by Gasteiger charge is 2.43. The van der Waals surface area contributed by atoms with Gasteiger partial charge in [-0.2, -0.15) is 0 Å². The summed E-state index contributed by atoms with van der Waals surface area (Å²) in [6, 6.07) is 3.03. The second-order valence-corrected chi connectivity index (χ2v) is 9.46. The second-order valence-electron chi connectivity index (χ2n) is 6.44. The normalized spacial score (nSPS) is 24.7. The van der Waals surface area contributed by atoms with Gasteiger partial charge in [0.25, 0.3) is 0 Å². The van der Waals surface area contributed by atoms with E-state index in [-0.39, 0.29) is 27.1 Å². The van der Waals surface area contributed by atoms with Crippen LogP contribution in [0.2, 0.25) is 10.0 Å². The third-order valence-electron chi connectivity index (χ3n) is 4.80. The van der Waals surface area contributed by atoms with E-state index in [1.165, 1.54) is 12.0 Å². The van der Waals surface area contributed by atoms with Gasteiger partial charge in [-0.1, -0.05) is 35.3 Å². The van der Waals surface area contributed by atoms with E-state index >= 15 is 0 Å². The summed E-state index contributed by atoms with van der Waals surface area (Å²) in [7, 11) is -1.98. The van der Waals surface area contributed by atoms with E-state index in [9.17, 15) is 18.0 Å². The van der Waals surface area contributed by atoms with Crippen LogP contribution in [0.4, 0.5) is 4.79 Å². The summed E-state index contributed by atoms with van der Waals surface area (Å²) in [6.07, 6.45) is 0.310. The van der Waals surface area contributed by atoms with Gasteiger partial charge in [0, 0.05) is 5.70 Å². The van der Waals surface area contributed by atoms with E-state index in [1.54, 1.807) is 25.1 Å². The third kappa shape index (κ3) is 3.66. The molecule has 2 heterocycles. The first-order valence-corrected chi connectivity index (χ1v) is 10.8. The van der Waals surface area contributed by atoms with E-state index in [1.807, 2.05) is 0 Å². The number of nitrogens with one attached hydrogen (secondary N) is 1. The lowest BCUT2D eigenvalue weighted by molar-refractivity contribution is -0.136. The lowest BCUT2D eigenvalue weighted by Crippen LogP contribution is -2.52. The van der Waals surface area contributed by atoms with Gasteiger partial charge in [-0.25, -0.2) is 18.0 Å². The Balaban J connectivity index is 2.11. The molecule has 1 saturated heterocycles. The van der Waals surface area contributed by atoms with Gasteiger partial charge in [-0.05, 0) is 25.0 Å². The third-order valence-corrected chi connectivity index (χ3v) is 7.38. The minimum atomic E-state index is -3.21. The molecule has 3 rings (SSSR count). The SMILES string of the molecule is COC(=O)C1=C(C)N([C@@H]2CCS(=O)(=O)C2)C(=O)N[C@H]1c1cccc(Cl)c1Cl. The number of sulfone groups is 1. The zero-order chi connectivity index (χ0) is 19.9. The average Bonchev–Trinajstić information content (AvgIpc) is 2.95. The fourth-order valence-electron chi connectivity index (χ4n) is 3.53. The van der Waals surface area contributed by atoms with Crippen LogP contribution in [-0.2, 0) is 19.4 Å². The summed E-state index contributed by atoms with van der Waals surface area (Å²) in [5.74, 6) is -0.778. The topological polar surface area (TPSA) is 92.8 Å². The summed E-state index contributed by atoms with van der Waals surface area (Å²) in [6.45, 7) is 1.60. The molecule has 0 saturated carbocycles. The first-order valence-electron chi connectivity index (χ1n) is 8.19. The molecule has 2 aliphatic heterocycles. The highest BCUT2D eigenvalue weighted by atomic mass is 35.5. The molecule has 0 radical (unpaired) electrons. The maximum Gasteiger partial charge on any atom is 0.337 e. The average molecular weight is 433 g/mol. The lowest BCUT2D eigenvalue weighted by Gasteiger charge is -2.38. The molecule has 0 aromatic heterocycles. The van der Waals surface area contributed by atoms with E-state index < -0.39 is 33.9 Å².